The van der Waals surface area contributed by atoms with Crippen molar-refractivity contribution in [3.05, 3.63) is 140 Å². The molecule has 0 aliphatic carbocycles. The Morgan fingerprint density at radius 3 is 1.22 bits per heavy atom. The Morgan fingerprint density at radius 1 is 0.407 bits per heavy atom. The van der Waals surface area contributed by atoms with Gasteiger partial charge in [-0.2, -0.15) is 0 Å². The molecule has 0 radical (unpaired) electrons. The summed E-state index contributed by atoms with van der Waals surface area (Å²) in [5.74, 6) is -22.3. The summed E-state index contributed by atoms with van der Waals surface area (Å²) in [6.45, 7) is 0. The first-order valence-electron chi connectivity index (χ1n) is 15.4. The van der Waals surface area contributed by atoms with Crippen molar-refractivity contribution in [2.75, 3.05) is 0 Å². The molecule has 17 heteroatoms. The summed E-state index contributed by atoms with van der Waals surface area (Å²) in [6.07, 6.45) is 2.48. The van der Waals surface area contributed by atoms with Crippen molar-refractivity contribution in [1.82, 2.24) is 19.9 Å². The van der Waals surface area contributed by atoms with E-state index >= 15 is 17.6 Å². The van der Waals surface area contributed by atoms with Crippen LogP contribution in [0.15, 0.2) is 60.7 Å². The number of benzene rings is 3. The third kappa shape index (κ3) is 5.10. The van der Waals surface area contributed by atoms with Crippen molar-refractivity contribution in [3.8, 4) is 33.4 Å². The molecule has 0 unspecified atom stereocenters. The number of H-pyrrole nitrogens is 3. The van der Waals surface area contributed by atoms with Gasteiger partial charge < -0.3 is 15.0 Å². The zero-order valence-corrected chi connectivity index (χ0v) is 26.4. The summed E-state index contributed by atoms with van der Waals surface area (Å²) in [5.41, 5.74) is -4.50. The molecule has 0 saturated heterocycles. The summed E-state index contributed by atoms with van der Waals surface area (Å²) < 4.78 is 149. The number of nitrogens with one attached hydrogen (secondary N) is 3. The molecule has 1 aliphatic heterocycles. The molecule has 4 aromatic heterocycles. The SMILES string of the molecule is O=[N+]([O-])c1ccc(-c2c3ccc([nH]3)c(-c3c(F)c(F)c(F)c(F)c3F)c3nc(c4ccc([nH]4)c(-c4c(F)c(F)c(F)c(F)c4F)c4ccc2[nH]4)C=C3)cc1. The van der Waals surface area contributed by atoms with Crippen LogP contribution in [0.4, 0.5) is 49.6 Å². The Bertz CT molecular complexity index is 2870. The highest BCUT2D eigenvalue weighted by Gasteiger charge is 2.31. The molecule has 7 aromatic rings. The van der Waals surface area contributed by atoms with E-state index in [9.17, 15) is 36.5 Å². The third-order valence-corrected chi connectivity index (χ3v) is 8.86. The number of nitro groups is 1. The maximum atomic E-state index is 15.5. The number of aromatic nitrogens is 4. The number of nitrogens with zero attached hydrogens (tertiary/aromatic N) is 2. The number of fused-ring (bicyclic) bond motifs is 9. The quantitative estimate of drug-likeness (QED) is 0.0548. The zero-order valence-electron chi connectivity index (χ0n) is 26.4. The fraction of sp³-hybridized carbons (Fsp3) is 0. The van der Waals surface area contributed by atoms with Gasteiger partial charge in [-0.15, -0.1) is 0 Å². The minimum Gasteiger partial charge on any atom is -0.354 e. The lowest BCUT2D eigenvalue weighted by molar-refractivity contribution is -0.384. The lowest BCUT2D eigenvalue weighted by atomic mass is 10.0. The van der Waals surface area contributed by atoms with Crippen LogP contribution in [-0.4, -0.2) is 24.9 Å². The van der Waals surface area contributed by atoms with E-state index in [0.717, 1.165) is 12.1 Å². The fourth-order valence-electron chi connectivity index (χ4n) is 6.39. The van der Waals surface area contributed by atoms with Gasteiger partial charge >= 0.3 is 0 Å². The Hall–Kier alpha value is -6.91. The third-order valence-electron chi connectivity index (χ3n) is 8.86. The largest absolute Gasteiger partial charge is 0.354 e. The number of nitro benzene ring substituents is 1. The molecule has 3 aromatic carbocycles. The van der Waals surface area contributed by atoms with E-state index in [1.165, 1.54) is 60.7 Å². The van der Waals surface area contributed by atoms with Gasteiger partial charge in [-0.05, 0) is 66.2 Å². The average Bonchev–Trinajstić information content (AvgIpc) is 4.00. The Labute approximate surface area is 293 Å². The van der Waals surface area contributed by atoms with E-state index < -0.39 is 85.3 Å². The predicted molar refractivity (Wildman–Crippen MR) is 178 cm³/mol. The molecular formula is C37H15F10N5O2. The molecule has 0 amide bonds. The normalized spacial score (nSPS) is 12.0. The lowest BCUT2D eigenvalue weighted by Crippen LogP contribution is -2.05. The number of halogens is 10. The van der Waals surface area contributed by atoms with Crippen molar-refractivity contribution < 1.29 is 48.8 Å². The van der Waals surface area contributed by atoms with Crippen LogP contribution < -0.4 is 0 Å². The van der Waals surface area contributed by atoms with Crippen LogP contribution in [0, 0.1) is 68.3 Å². The molecule has 5 heterocycles. The van der Waals surface area contributed by atoms with E-state index in [1.54, 1.807) is 0 Å². The van der Waals surface area contributed by atoms with Crippen LogP contribution in [0.2, 0.25) is 0 Å². The number of rotatable bonds is 4. The van der Waals surface area contributed by atoms with E-state index in [0.29, 0.717) is 0 Å². The Kier molecular flexibility index (Phi) is 7.82. The standard InChI is InChI=1S/C37H15F10N5O2/c38-28-26(29(39)33(43)36(46)32(28)42)24-19-7-5-15(48-19)16-6-8-20(49-16)25(27-30(40)34(44)37(47)35(45)31(27)41)22-12-10-18(51-22)23(17-9-11-21(24)50-17)13-1-3-14(4-2-13)52(53)54/h1-12,48,50-51H. The van der Waals surface area contributed by atoms with Gasteiger partial charge in [-0.3, -0.25) is 10.1 Å². The van der Waals surface area contributed by atoms with Gasteiger partial charge in [-0.1, -0.05) is 0 Å². The molecule has 0 fully saturated rings. The average molecular weight is 752 g/mol. The molecule has 8 bridgehead atoms. The van der Waals surface area contributed by atoms with Gasteiger partial charge in [0.15, 0.2) is 46.5 Å². The van der Waals surface area contributed by atoms with Crippen LogP contribution in [0.25, 0.3) is 78.6 Å². The molecule has 3 N–H and O–H groups in total. The summed E-state index contributed by atoms with van der Waals surface area (Å²) in [7, 11) is 0. The highest BCUT2D eigenvalue weighted by molar-refractivity contribution is 6.00. The topological polar surface area (TPSA) is 103 Å². The molecular weight excluding hydrogens is 736 g/mol. The maximum Gasteiger partial charge on any atom is 0.269 e. The molecule has 0 atom stereocenters. The first-order chi connectivity index (χ1) is 25.8. The van der Waals surface area contributed by atoms with E-state index in [2.05, 4.69) is 19.9 Å². The first-order valence-corrected chi connectivity index (χ1v) is 15.4. The minimum absolute atomic E-state index is 0.0265. The lowest BCUT2D eigenvalue weighted by Gasteiger charge is -2.10. The van der Waals surface area contributed by atoms with Crippen molar-refractivity contribution in [2.45, 2.75) is 0 Å². The fourth-order valence-corrected chi connectivity index (χ4v) is 6.39. The highest BCUT2D eigenvalue weighted by atomic mass is 19.2. The Balaban J connectivity index is 1.59. The van der Waals surface area contributed by atoms with Gasteiger partial charge in [0.25, 0.3) is 5.69 Å². The monoisotopic (exact) mass is 751 g/mol. The number of hydrogen-bond donors (Lipinski definition) is 3. The molecule has 54 heavy (non-hydrogen) atoms. The second kappa shape index (κ2) is 12.4. The van der Waals surface area contributed by atoms with Crippen LogP contribution in [0.3, 0.4) is 0 Å². The van der Waals surface area contributed by atoms with E-state index in [-0.39, 0.29) is 61.3 Å². The van der Waals surface area contributed by atoms with Gasteiger partial charge in [0.05, 0.1) is 33.0 Å². The van der Waals surface area contributed by atoms with Gasteiger partial charge in [0, 0.05) is 56.4 Å². The second-order valence-corrected chi connectivity index (χ2v) is 11.9. The molecule has 8 rings (SSSR count). The van der Waals surface area contributed by atoms with Crippen LogP contribution in [-0.2, 0) is 0 Å². The second-order valence-electron chi connectivity index (χ2n) is 11.9. The summed E-state index contributed by atoms with van der Waals surface area (Å²) >= 11 is 0. The van der Waals surface area contributed by atoms with Gasteiger partial charge in [-0.25, -0.2) is 48.9 Å². The minimum atomic E-state index is -2.40. The Morgan fingerprint density at radius 2 is 0.759 bits per heavy atom. The summed E-state index contributed by atoms with van der Waals surface area (Å²) in [5, 5.41) is 11.4. The number of aromatic amines is 3. The molecule has 1 aliphatic rings. The molecule has 270 valence electrons. The molecule has 0 spiro atoms. The van der Waals surface area contributed by atoms with Crippen LogP contribution in [0.1, 0.15) is 11.4 Å². The van der Waals surface area contributed by atoms with E-state index in [1.807, 2.05) is 0 Å². The maximum absolute atomic E-state index is 15.5. The van der Waals surface area contributed by atoms with Crippen molar-refractivity contribution in [1.29, 1.82) is 0 Å². The van der Waals surface area contributed by atoms with Crippen molar-refractivity contribution in [3.63, 3.8) is 0 Å². The molecule has 0 saturated carbocycles. The van der Waals surface area contributed by atoms with Crippen molar-refractivity contribution in [2.24, 2.45) is 0 Å². The number of non-ortho nitro benzene ring substituents is 1. The smallest absolute Gasteiger partial charge is 0.269 e. The van der Waals surface area contributed by atoms with Crippen LogP contribution >= 0.6 is 0 Å². The van der Waals surface area contributed by atoms with Crippen LogP contribution in [0.5, 0.6) is 0 Å². The summed E-state index contributed by atoms with van der Waals surface area (Å²) in [6, 6.07) is 12.7. The predicted octanol–water partition coefficient (Wildman–Crippen LogP) is 11.0. The first kappa shape index (κ1) is 34.2. The zero-order chi connectivity index (χ0) is 38.3. The highest BCUT2D eigenvalue weighted by Crippen LogP contribution is 2.40. The van der Waals surface area contributed by atoms with Gasteiger partial charge in [0.1, 0.15) is 0 Å². The molecule has 7 nitrogen and oxygen atoms in total. The summed E-state index contributed by atoms with van der Waals surface area (Å²) in [4.78, 5) is 23.7. The number of hydrogen-bond acceptors (Lipinski definition) is 3. The van der Waals surface area contributed by atoms with Gasteiger partial charge in [0.2, 0.25) is 11.6 Å². The van der Waals surface area contributed by atoms with E-state index in [4.69, 9.17) is 0 Å². The van der Waals surface area contributed by atoms with Crippen molar-refractivity contribution >= 4 is 50.9 Å².